The standard InChI is InChI=1S/C19H31N7O8/c1-8(27)14(21)17(31)26-15(9(2)28)18(32)24-11(3-4-13(20)29)16(30)25-12(19(33)34)5-10-6-22-7-23-10/h6-9,11-12,14-15,27-28H,3-5,21H2,1-2H3,(H2,20,29)(H,22,23)(H,24,32)(H,25,30)(H,26,31)(H,33,34). The SMILES string of the molecule is CC(O)C(N)C(=O)NC(C(=O)NC(CCC(N)=O)C(=O)NC(Cc1cnc[nH]1)C(=O)O)C(C)O. The van der Waals surface area contributed by atoms with Gasteiger partial charge in [0.2, 0.25) is 23.6 Å². The number of aliphatic hydroxyl groups excluding tert-OH is 2. The largest absolute Gasteiger partial charge is 0.480 e. The Balaban J connectivity index is 2.99. The predicted octanol–water partition coefficient (Wildman–Crippen LogP) is -4.15. The van der Waals surface area contributed by atoms with Crippen molar-refractivity contribution in [3.05, 3.63) is 18.2 Å². The monoisotopic (exact) mass is 485 g/mol. The van der Waals surface area contributed by atoms with Crippen LogP contribution in [0.25, 0.3) is 0 Å². The average molecular weight is 485 g/mol. The van der Waals surface area contributed by atoms with Gasteiger partial charge in [-0.3, -0.25) is 19.2 Å². The van der Waals surface area contributed by atoms with Gasteiger partial charge in [0.05, 0.1) is 18.5 Å². The summed E-state index contributed by atoms with van der Waals surface area (Å²) in [6.07, 6.45) is -0.706. The van der Waals surface area contributed by atoms with Gasteiger partial charge < -0.3 is 47.7 Å². The summed E-state index contributed by atoms with van der Waals surface area (Å²) < 4.78 is 0. The molecule has 0 radical (unpaired) electrons. The highest BCUT2D eigenvalue weighted by molar-refractivity contribution is 5.94. The average Bonchev–Trinajstić information content (AvgIpc) is 3.25. The molecule has 0 aliphatic heterocycles. The first-order valence-corrected chi connectivity index (χ1v) is 10.3. The first-order valence-electron chi connectivity index (χ1n) is 10.3. The maximum atomic E-state index is 12.8. The summed E-state index contributed by atoms with van der Waals surface area (Å²) in [7, 11) is 0. The summed E-state index contributed by atoms with van der Waals surface area (Å²) in [4.78, 5) is 66.9. The highest BCUT2D eigenvalue weighted by Crippen LogP contribution is 2.05. The number of aromatic amines is 1. The molecule has 1 aromatic heterocycles. The Morgan fingerprint density at radius 3 is 2.09 bits per heavy atom. The van der Waals surface area contributed by atoms with E-state index in [1.54, 1.807) is 0 Å². The molecular formula is C19H31N7O8. The number of carboxylic acids is 1. The number of hydrogen-bond acceptors (Lipinski definition) is 9. The highest BCUT2D eigenvalue weighted by Gasteiger charge is 2.33. The van der Waals surface area contributed by atoms with Crippen molar-refractivity contribution in [1.29, 1.82) is 0 Å². The molecule has 0 aliphatic rings. The van der Waals surface area contributed by atoms with Gasteiger partial charge in [-0.05, 0) is 20.3 Å². The van der Waals surface area contributed by atoms with E-state index < -0.39 is 66.0 Å². The van der Waals surface area contributed by atoms with Crippen molar-refractivity contribution in [2.24, 2.45) is 11.5 Å². The molecule has 4 amide bonds. The number of aliphatic hydroxyl groups is 2. The van der Waals surface area contributed by atoms with Gasteiger partial charge in [0, 0.05) is 24.7 Å². The molecule has 0 fully saturated rings. The zero-order valence-corrected chi connectivity index (χ0v) is 18.7. The molecule has 190 valence electrons. The fourth-order valence-corrected chi connectivity index (χ4v) is 2.78. The van der Waals surface area contributed by atoms with Crippen LogP contribution >= 0.6 is 0 Å². The number of carbonyl (C=O) groups excluding carboxylic acids is 4. The molecule has 1 aromatic rings. The van der Waals surface area contributed by atoms with E-state index in [0.29, 0.717) is 5.69 Å². The van der Waals surface area contributed by atoms with E-state index in [9.17, 15) is 39.3 Å². The van der Waals surface area contributed by atoms with Crippen LogP contribution in [-0.2, 0) is 30.4 Å². The second-order valence-electron chi connectivity index (χ2n) is 7.74. The highest BCUT2D eigenvalue weighted by atomic mass is 16.4. The summed E-state index contributed by atoms with van der Waals surface area (Å²) in [6.45, 7) is 2.45. The molecule has 1 heterocycles. The minimum Gasteiger partial charge on any atom is -0.480 e. The van der Waals surface area contributed by atoms with Crippen molar-refractivity contribution in [3.8, 4) is 0 Å². The number of nitrogens with one attached hydrogen (secondary N) is 4. The van der Waals surface area contributed by atoms with Crippen LogP contribution in [0.1, 0.15) is 32.4 Å². The van der Waals surface area contributed by atoms with Crippen molar-refractivity contribution >= 4 is 29.6 Å². The van der Waals surface area contributed by atoms with Crippen molar-refractivity contribution in [2.45, 2.75) is 69.5 Å². The number of imidazole rings is 1. The van der Waals surface area contributed by atoms with Gasteiger partial charge in [0.15, 0.2) is 0 Å². The van der Waals surface area contributed by atoms with Gasteiger partial charge in [-0.1, -0.05) is 0 Å². The molecule has 0 saturated carbocycles. The van der Waals surface area contributed by atoms with Gasteiger partial charge in [0.25, 0.3) is 0 Å². The van der Waals surface area contributed by atoms with Gasteiger partial charge in [-0.2, -0.15) is 0 Å². The van der Waals surface area contributed by atoms with Crippen LogP contribution in [0.2, 0.25) is 0 Å². The number of primary amides is 1. The van der Waals surface area contributed by atoms with E-state index >= 15 is 0 Å². The van der Waals surface area contributed by atoms with Gasteiger partial charge in [0.1, 0.15) is 24.2 Å². The Hall–Kier alpha value is -3.56. The number of rotatable bonds is 14. The first kappa shape index (κ1) is 28.5. The van der Waals surface area contributed by atoms with E-state index in [4.69, 9.17) is 11.5 Å². The zero-order chi connectivity index (χ0) is 26.0. The van der Waals surface area contributed by atoms with Gasteiger partial charge in [-0.15, -0.1) is 0 Å². The lowest BCUT2D eigenvalue weighted by Gasteiger charge is -2.26. The summed E-state index contributed by atoms with van der Waals surface area (Å²) in [6, 6.07) is -5.77. The second-order valence-corrected chi connectivity index (χ2v) is 7.74. The Morgan fingerprint density at radius 2 is 1.62 bits per heavy atom. The number of amides is 4. The maximum absolute atomic E-state index is 12.8. The normalized spacial score (nSPS) is 16.3. The number of nitrogens with zero attached hydrogens (tertiary/aromatic N) is 1. The molecule has 0 aromatic carbocycles. The van der Waals surface area contributed by atoms with Crippen LogP contribution in [0.4, 0.5) is 0 Å². The number of carbonyl (C=O) groups is 5. The van der Waals surface area contributed by atoms with Crippen molar-refractivity contribution in [1.82, 2.24) is 25.9 Å². The van der Waals surface area contributed by atoms with Crippen LogP contribution in [0.5, 0.6) is 0 Å². The number of H-pyrrole nitrogens is 1. The third-order valence-corrected chi connectivity index (χ3v) is 4.79. The summed E-state index contributed by atoms with van der Waals surface area (Å²) >= 11 is 0. The molecular weight excluding hydrogens is 454 g/mol. The molecule has 11 N–H and O–H groups in total. The van der Waals surface area contributed by atoms with Crippen LogP contribution in [0, 0.1) is 0 Å². The van der Waals surface area contributed by atoms with E-state index in [1.807, 2.05) is 0 Å². The van der Waals surface area contributed by atoms with Crippen molar-refractivity contribution in [3.63, 3.8) is 0 Å². The molecule has 15 nitrogen and oxygen atoms in total. The summed E-state index contributed by atoms with van der Waals surface area (Å²) in [5.74, 6) is -5.00. The molecule has 0 saturated heterocycles. The lowest BCUT2D eigenvalue weighted by molar-refractivity contribution is -0.142. The third-order valence-electron chi connectivity index (χ3n) is 4.79. The minimum absolute atomic E-state index is 0.138. The van der Waals surface area contributed by atoms with Crippen LogP contribution in [-0.4, -0.2) is 91.3 Å². The Kier molecular flexibility index (Phi) is 11.1. The Morgan fingerprint density at radius 1 is 1.00 bits per heavy atom. The number of aliphatic carboxylic acids is 1. The molecule has 0 aliphatic carbocycles. The topological polar surface area (TPSA) is 263 Å². The van der Waals surface area contributed by atoms with Gasteiger partial charge >= 0.3 is 5.97 Å². The zero-order valence-electron chi connectivity index (χ0n) is 18.7. The fourth-order valence-electron chi connectivity index (χ4n) is 2.78. The second kappa shape index (κ2) is 13.2. The molecule has 6 atom stereocenters. The molecule has 0 spiro atoms. The van der Waals surface area contributed by atoms with Crippen molar-refractivity contribution in [2.75, 3.05) is 0 Å². The molecule has 34 heavy (non-hydrogen) atoms. The number of hydrogen-bond donors (Lipinski definition) is 9. The quantitative estimate of drug-likeness (QED) is 0.123. The number of aromatic nitrogens is 2. The van der Waals surface area contributed by atoms with Crippen LogP contribution in [0.15, 0.2) is 12.5 Å². The lowest BCUT2D eigenvalue weighted by atomic mass is 10.1. The fraction of sp³-hybridized carbons (Fsp3) is 0.579. The van der Waals surface area contributed by atoms with Crippen LogP contribution in [0.3, 0.4) is 0 Å². The first-order chi connectivity index (χ1) is 15.8. The van der Waals surface area contributed by atoms with E-state index in [2.05, 4.69) is 25.9 Å². The summed E-state index contributed by atoms with van der Waals surface area (Å²) in [5, 5.41) is 35.6. The van der Waals surface area contributed by atoms with E-state index in [1.165, 1.54) is 26.4 Å². The molecule has 1 rings (SSSR count). The third kappa shape index (κ3) is 9.13. The minimum atomic E-state index is -1.57. The molecule has 15 heteroatoms. The summed E-state index contributed by atoms with van der Waals surface area (Å²) in [5.41, 5.74) is 11.1. The lowest BCUT2D eigenvalue weighted by Crippen LogP contribution is -2.60. The van der Waals surface area contributed by atoms with E-state index in [0.717, 1.165) is 0 Å². The van der Waals surface area contributed by atoms with Gasteiger partial charge in [-0.25, -0.2) is 9.78 Å². The van der Waals surface area contributed by atoms with Crippen LogP contribution < -0.4 is 27.4 Å². The Bertz CT molecular complexity index is 859. The predicted molar refractivity (Wildman–Crippen MR) is 115 cm³/mol. The Labute approximate surface area is 194 Å². The number of carboxylic acid groups (broad SMARTS) is 1. The maximum Gasteiger partial charge on any atom is 0.326 e. The molecule has 0 bridgehead atoms. The molecule has 6 unspecified atom stereocenters. The van der Waals surface area contributed by atoms with Crippen molar-refractivity contribution < 1.29 is 39.3 Å². The number of nitrogens with two attached hydrogens (primary N) is 2. The van der Waals surface area contributed by atoms with E-state index in [-0.39, 0.29) is 19.3 Å². The smallest absolute Gasteiger partial charge is 0.326 e.